The zero-order valence-electron chi connectivity index (χ0n) is 18.1. The van der Waals surface area contributed by atoms with Gasteiger partial charge in [-0.15, -0.1) is 6.58 Å². The monoisotopic (exact) mass is 434 g/mol. The van der Waals surface area contributed by atoms with Gasteiger partial charge < -0.3 is 14.5 Å². The van der Waals surface area contributed by atoms with Gasteiger partial charge >= 0.3 is 11.1 Å². The van der Waals surface area contributed by atoms with Crippen LogP contribution in [0.4, 0.5) is 5.69 Å². The van der Waals surface area contributed by atoms with Crippen molar-refractivity contribution in [3.63, 3.8) is 0 Å². The van der Waals surface area contributed by atoms with Gasteiger partial charge in [0.25, 0.3) is 0 Å². The van der Waals surface area contributed by atoms with Crippen molar-refractivity contribution in [2.45, 2.75) is 13.1 Å². The predicted octanol–water partition coefficient (Wildman–Crippen LogP) is 1.71. The number of carbonyl (C=O) groups is 1. The molecule has 0 saturated carbocycles. The van der Waals surface area contributed by atoms with E-state index in [-0.39, 0.29) is 19.0 Å². The van der Waals surface area contributed by atoms with E-state index in [2.05, 4.69) is 11.5 Å². The van der Waals surface area contributed by atoms with E-state index in [0.717, 1.165) is 11.4 Å². The number of anilines is 1. The largest absolute Gasteiger partial charge is 0.497 e. The van der Waals surface area contributed by atoms with Gasteiger partial charge in [0.1, 0.15) is 12.3 Å². The third-order valence-electron chi connectivity index (χ3n) is 5.79. The summed E-state index contributed by atoms with van der Waals surface area (Å²) in [4.78, 5) is 42.4. The topological polar surface area (TPSA) is 76.8 Å². The van der Waals surface area contributed by atoms with Crippen molar-refractivity contribution in [1.29, 1.82) is 0 Å². The van der Waals surface area contributed by atoms with Crippen molar-refractivity contribution in [1.82, 2.24) is 14.0 Å². The molecule has 8 heteroatoms. The minimum atomic E-state index is -0.700. The van der Waals surface area contributed by atoms with Crippen molar-refractivity contribution >= 4 is 22.6 Å². The molecule has 3 aromatic rings. The van der Waals surface area contributed by atoms with E-state index in [4.69, 9.17) is 4.74 Å². The van der Waals surface area contributed by atoms with E-state index >= 15 is 0 Å². The van der Waals surface area contributed by atoms with E-state index in [1.54, 1.807) is 42.4 Å². The normalized spacial score (nSPS) is 13.9. The van der Waals surface area contributed by atoms with Crippen LogP contribution in [0.3, 0.4) is 0 Å². The average Bonchev–Trinajstić information content (AvgIpc) is 2.84. The number of amides is 1. The van der Waals surface area contributed by atoms with Crippen LogP contribution in [0.2, 0.25) is 0 Å². The smallest absolute Gasteiger partial charge is 0.317 e. The number of nitrogens with zero attached hydrogens (tertiary/aromatic N) is 4. The maximum atomic E-state index is 13.0. The number of aromatic nitrogens is 2. The highest BCUT2D eigenvalue weighted by Crippen LogP contribution is 2.22. The van der Waals surface area contributed by atoms with Gasteiger partial charge in [-0.25, -0.2) is 0 Å². The number of carbonyl (C=O) groups excluding carboxylic acids is 1. The summed E-state index contributed by atoms with van der Waals surface area (Å²) in [6, 6.07) is 14.9. The summed E-state index contributed by atoms with van der Waals surface area (Å²) >= 11 is 0. The number of fused-ring (bicyclic) bond motifs is 1. The Hall–Kier alpha value is -3.81. The molecule has 1 fully saturated rings. The van der Waals surface area contributed by atoms with E-state index in [1.165, 1.54) is 9.13 Å². The fourth-order valence-electron chi connectivity index (χ4n) is 4.09. The number of methoxy groups -OCH3 is 1. The van der Waals surface area contributed by atoms with Crippen molar-refractivity contribution in [2.75, 3.05) is 38.2 Å². The summed E-state index contributed by atoms with van der Waals surface area (Å²) in [6.45, 7) is 6.16. The Kier molecular flexibility index (Phi) is 6.11. The first-order valence-corrected chi connectivity index (χ1v) is 10.5. The first kappa shape index (κ1) is 21.4. The first-order chi connectivity index (χ1) is 15.5. The lowest BCUT2D eigenvalue weighted by atomic mass is 10.2. The van der Waals surface area contributed by atoms with Crippen LogP contribution in [0.25, 0.3) is 11.0 Å². The number of hydrogen-bond acceptors (Lipinski definition) is 5. The van der Waals surface area contributed by atoms with E-state index in [9.17, 15) is 14.4 Å². The lowest BCUT2D eigenvalue weighted by molar-refractivity contribution is -0.132. The molecule has 1 aromatic heterocycles. The number of para-hydroxylation sites is 2. The van der Waals surface area contributed by atoms with Crippen LogP contribution in [0, 0.1) is 0 Å². The lowest BCUT2D eigenvalue weighted by Gasteiger charge is -2.36. The third-order valence-corrected chi connectivity index (χ3v) is 5.79. The highest BCUT2D eigenvalue weighted by molar-refractivity contribution is 5.80. The second-order valence-electron chi connectivity index (χ2n) is 7.65. The standard InChI is InChI=1S/C24H26N4O4/c1-3-11-27-20-9-4-5-10-21(20)28(24(31)23(27)30)17-22(29)26-14-12-25(13-15-26)18-7-6-8-19(16-18)32-2/h3-10,16H,1,11-15,17H2,2H3. The molecule has 166 valence electrons. The maximum Gasteiger partial charge on any atom is 0.317 e. The van der Waals surface area contributed by atoms with Gasteiger partial charge in [0, 0.05) is 44.5 Å². The zero-order chi connectivity index (χ0) is 22.7. The molecule has 0 atom stereocenters. The molecule has 32 heavy (non-hydrogen) atoms. The highest BCUT2D eigenvalue weighted by atomic mass is 16.5. The van der Waals surface area contributed by atoms with Crippen molar-refractivity contribution in [2.24, 2.45) is 0 Å². The molecule has 0 bridgehead atoms. The molecule has 0 spiro atoms. The van der Waals surface area contributed by atoms with E-state index in [1.807, 2.05) is 24.3 Å². The number of ether oxygens (including phenoxy) is 1. The van der Waals surface area contributed by atoms with Crippen molar-refractivity contribution in [3.05, 3.63) is 81.9 Å². The average molecular weight is 434 g/mol. The van der Waals surface area contributed by atoms with Crippen LogP contribution in [-0.4, -0.2) is 53.2 Å². The second kappa shape index (κ2) is 9.13. The Morgan fingerprint density at radius 2 is 1.62 bits per heavy atom. The molecule has 0 N–H and O–H groups in total. The Morgan fingerprint density at radius 1 is 0.969 bits per heavy atom. The molecule has 1 amide bonds. The van der Waals surface area contributed by atoms with Gasteiger partial charge in [0.2, 0.25) is 5.91 Å². The van der Waals surface area contributed by atoms with Crippen LogP contribution < -0.4 is 20.8 Å². The summed E-state index contributed by atoms with van der Waals surface area (Å²) in [6.07, 6.45) is 1.57. The summed E-state index contributed by atoms with van der Waals surface area (Å²) in [5.41, 5.74) is 0.854. The van der Waals surface area contributed by atoms with Crippen molar-refractivity contribution in [3.8, 4) is 5.75 Å². The van der Waals surface area contributed by atoms with Gasteiger partial charge in [-0.2, -0.15) is 0 Å². The Balaban J connectivity index is 1.53. The van der Waals surface area contributed by atoms with Crippen LogP contribution in [0.15, 0.2) is 70.8 Å². The summed E-state index contributed by atoms with van der Waals surface area (Å²) in [7, 11) is 1.64. The number of rotatable bonds is 6. The summed E-state index contributed by atoms with van der Waals surface area (Å²) in [5.74, 6) is 0.613. The first-order valence-electron chi connectivity index (χ1n) is 10.5. The van der Waals surface area contributed by atoms with Crippen LogP contribution in [-0.2, 0) is 17.9 Å². The quantitative estimate of drug-likeness (QED) is 0.436. The van der Waals surface area contributed by atoms with E-state index < -0.39 is 11.1 Å². The third kappa shape index (κ3) is 4.03. The predicted molar refractivity (Wildman–Crippen MR) is 124 cm³/mol. The fraction of sp³-hybridized carbons (Fsp3) is 0.292. The highest BCUT2D eigenvalue weighted by Gasteiger charge is 2.23. The van der Waals surface area contributed by atoms with Gasteiger partial charge in [0.05, 0.1) is 18.1 Å². The lowest BCUT2D eigenvalue weighted by Crippen LogP contribution is -2.51. The molecule has 0 radical (unpaired) electrons. The number of allylic oxidation sites excluding steroid dienone is 1. The zero-order valence-corrected chi connectivity index (χ0v) is 18.1. The molecule has 1 aliphatic heterocycles. The Morgan fingerprint density at radius 3 is 2.28 bits per heavy atom. The van der Waals surface area contributed by atoms with Gasteiger partial charge in [-0.05, 0) is 24.3 Å². The fourth-order valence-corrected chi connectivity index (χ4v) is 4.09. The molecule has 2 aromatic carbocycles. The second-order valence-corrected chi connectivity index (χ2v) is 7.65. The molecule has 0 unspecified atom stereocenters. The molecular weight excluding hydrogens is 408 g/mol. The minimum Gasteiger partial charge on any atom is -0.497 e. The summed E-state index contributed by atoms with van der Waals surface area (Å²) < 4.78 is 7.97. The molecule has 8 nitrogen and oxygen atoms in total. The minimum absolute atomic E-state index is 0.164. The van der Waals surface area contributed by atoms with Gasteiger partial charge in [-0.1, -0.05) is 24.3 Å². The maximum absolute atomic E-state index is 13.0. The number of piperazine rings is 1. The molecule has 2 heterocycles. The van der Waals surface area contributed by atoms with Crippen LogP contribution in [0.1, 0.15) is 0 Å². The van der Waals surface area contributed by atoms with Crippen LogP contribution in [0.5, 0.6) is 5.75 Å². The summed E-state index contributed by atoms with van der Waals surface area (Å²) in [5, 5.41) is 0. The molecule has 4 rings (SSSR count). The Labute approximate surface area is 185 Å². The van der Waals surface area contributed by atoms with Gasteiger partial charge in [0.15, 0.2) is 0 Å². The van der Waals surface area contributed by atoms with Crippen LogP contribution >= 0.6 is 0 Å². The molecule has 1 aliphatic rings. The molecule has 1 saturated heterocycles. The Bertz CT molecular complexity index is 1270. The SMILES string of the molecule is C=CCn1c(=O)c(=O)n(CC(=O)N2CCN(c3cccc(OC)c3)CC2)c2ccccc21. The van der Waals surface area contributed by atoms with Gasteiger partial charge in [-0.3, -0.25) is 23.5 Å². The van der Waals surface area contributed by atoms with Crippen molar-refractivity contribution < 1.29 is 9.53 Å². The van der Waals surface area contributed by atoms with E-state index in [0.29, 0.717) is 37.2 Å². The molecule has 0 aliphatic carbocycles. The number of hydrogen-bond donors (Lipinski definition) is 0. The molecular formula is C24H26N4O4. The number of benzene rings is 2.